The first-order chi connectivity index (χ1) is 11.2. The number of aliphatic hydroxyl groups is 1. The van der Waals surface area contributed by atoms with Crippen LogP contribution in [0.2, 0.25) is 0 Å². The molecule has 2 rings (SSSR count). The molecular formula is C18H22N2O3. The van der Waals surface area contributed by atoms with E-state index in [0.29, 0.717) is 11.4 Å². The largest absolute Gasteiger partial charge is 0.495 e. The number of urea groups is 1. The van der Waals surface area contributed by atoms with Gasteiger partial charge in [0, 0.05) is 5.92 Å². The van der Waals surface area contributed by atoms with Gasteiger partial charge >= 0.3 is 6.03 Å². The molecule has 0 aliphatic heterocycles. The van der Waals surface area contributed by atoms with Crippen LogP contribution in [0.4, 0.5) is 10.5 Å². The van der Waals surface area contributed by atoms with E-state index >= 15 is 0 Å². The Kier molecular flexibility index (Phi) is 6.00. The van der Waals surface area contributed by atoms with Crippen LogP contribution in [-0.2, 0) is 0 Å². The lowest BCUT2D eigenvalue weighted by Crippen LogP contribution is -2.43. The lowest BCUT2D eigenvalue weighted by atomic mass is 9.94. The van der Waals surface area contributed by atoms with Crippen molar-refractivity contribution in [2.24, 2.45) is 0 Å². The van der Waals surface area contributed by atoms with Crippen molar-refractivity contribution in [3.63, 3.8) is 0 Å². The van der Waals surface area contributed by atoms with Crippen LogP contribution in [0.5, 0.6) is 5.75 Å². The molecule has 0 radical (unpaired) electrons. The molecule has 0 aromatic heterocycles. The molecule has 2 atom stereocenters. The van der Waals surface area contributed by atoms with Crippen LogP contribution in [-0.4, -0.2) is 30.9 Å². The molecule has 2 aromatic carbocycles. The van der Waals surface area contributed by atoms with Crippen molar-refractivity contribution in [1.29, 1.82) is 0 Å². The average Bonchev–Trinajstić information content (AvgIpc) is 2.60. The first kappa shape index (κ1) is 16.8. The Bertz CT molecular complexity index is 631. The summed E-state index contributed by atoms with van der Waals surface area (Å²) in [6, 6.07) is 16.2. The Morgan fingerprint density at radius 3 is 2.43 bits per heavy atom. The van der Waals surface area contributed by atoms with Crippen molar-refractivity contribution in [1.82, 2.24) is 5.32 Å². The van der Waals surface area contributed by atoms with Gasteiger partial charge in [0.25, 0.3) is 0 Å². The summed E-state index contributed by atoms with van der Waals surface area (Å²) in [7, 11) is 1.55. The molecule has 23 heavy (non-hydrogen) atoms. The molecule has 0 aliphatic rings. The summed E-state index contributed by atoms with van der Waals surface area (Å²) in [5, 5.41) is 15.2. The molecule has 5 nitrogen and oxygen atoms in total. The Balaban J connectivity index is 2.02. The number of amides is 2. The monoisotopic (exact) mass is 314 g/mol. The molecule has 2 aromatic rings. The number of nitrogens with one attached hydrogen (secondary N) is 2. The molecule has 0 fully saturated rings. The van der Waals surface area contributed by atoms with E-state index in [4.69, 9.17) is 4.74 Å². The predicted molar refractivity (Wildman–Crippen MR) is 90.9 cm³/mol. The van der Waals surface area contributed by atoms with Crippen LogP contribution < -0.4 is 15.4 Å². The predicted octanol–water partition coefficient (Wildman–Crippen LogP) is 2.98. The van der Waals surface area contributed by atoms with E-state index in [9.17, 15) is 9.90 Å². The summed E-state index contributed by atoms with van der Waals surface area (Å²) >= 11 is 0. The molecule has 0 saturated heterocycles. The second-order valence-electron chi connectivity index (χ2n) is 5.29. The van der Waals surface area contributed by atoms with Gasteiger partial charge in [-0.2, -0.15) is 0 Å². The molecule has 0 aliphatic carbocycles. The SMILES string of the molecule is COc1ccccc1NC(=O)N[C@H](CO)[C@H](C)c1ccccc1. The van der Waals surface area contributed by atoms with Gasteiger partial charge in [0.05, 0.1) is 25.4 Å². The second kappa shape index (κ2) is 8.19. The molecule has 2 amide bonds. The number of hydrogen-bond donors (Lipinski definition) is 3. The Morgan fingerprint density at radius 2 is 1.78 bits per heavy atom. The van der Waals surface area contributed by atoms with Gasteiger partial charge in [0.15, 0.2) is 0 Å². The van der Waals surface area contributed by atoms with Crippen LogP contribution >= 0.6 is 0 Å². The standard InChI is InChI=1S/C18H22N2O3/c1-13(14-8-4-3-5-9-14)16(12-21)20-18(22)19-15-10-6-7-11-17(15)23-2/h3-11,13,16,21H,12H2,1-2H3,(H2,19,20,22)/t13-,16-/m1/s1. The lowest BCUT2D eigenvalue weighted by Gasteiger charge is -2.24. The summed E-state index contributed by atoms with van der Waals surface area (Å²) in [5.74, 6) is 0.573. The maximum absolute atomic E-state index is 12.2. The third kappa shape index (κ3) is 4.47. The van der Waals surface area contributed by atoms with E-state index < -0.39 is 0 Å². The van der Waals surface area contributed by atoms with Crippen LogP contribution in [0.1, 0.15) is 18.4 Å². The molecule has 122 valence electrons. The van der Waals surface area contributed by atoms with Gasteiger partial charge in [-0.05, 0) is 17.7 Å². The van der Waals surface area contributed by atoms with Gasteiger partial charge in [0.2, 0.25) is 0 Å². The molecule has 0 heterocycles. The van der Waals surface area contributed by atoms with Crippen molar-refractivity contribution >= 4 is 11.7 Å². The number of carbonyl (C=O) groups excluding carboxylic acids is 1. The number of aliphatic hydroxyl groups excluding tert-OH is 1. The van der Waals surface area contributed by atoms with Crippen molar-refractivity contribution < 1.29 is 14.6 Å². The number of anilines is 1. The highest BCUT2D eigenvalue weighted by Gasteiger charge is 2.20. The number of carbonyl (C=O) groups is 1. The number of hydrogen-bond acceptors (Lipinski definition) is 3. The summed E-state index contributed by atoms with van der Waals surface area (Å²) in [4.78, 5) is 12.2. The molecule has 0 saturated carbocycles. The van der Waals surface area contributed by atoms with Gasteiger partial charge < -0.3 is 20.5 Å². The third-order valence-electron chi connectivity index (χ3n) is 3.80. The summed E-state index contributed by atoms with van der Waals surface area (Å²) < 4.78 is 5.20. The summed E-state index contributed by atoms with van der Waals surface area (Å²) in [6.07, 6.45) is 0. The molecule has 0 unspecified atom stereocenters. The van der Waals surface area contributed by atoms with Gasteiger partial charge in [-0.15, -0.1) is 0 Å². The minimum Gasteiger partial charge on any atom is -0.495 e. The lowest BCUT2D eigenvalue weighted by molar-refractivity contribution is 0.215. The van der Waals surface area contributed by atoms with Crippen molar-refractivity contribution in [3.05, 3.63) is 60.2 Å². The van der Waals surface area contributed by atoms with Crippen LogP contribution in [0.3, 0.4) is 0 Å². The zero-order valence-electron chi connectivity index (χ0n) is 13.3. The fourth-order valence-electron chi connectivity index (χ4n) is 2.39. The topological polar surface area (TPSA) is 70.6 Å². The molecular weight excluding hydrogens is 292 g/mol. The number of benzene rings is 2. The highest BCUT2D eigenvalue weighted by atomic mass is 16.5. The van der Waals surface area contributed by atoms with E-state index in [0.717, 1.165) is 5.56 Å². The second-order valence-corrected chi connectivity index (χ2v) is 5.29. The summed E-state index contributed by atoms with van der Waals surface area (Å²) in [5.41, 5.74) is 1.64. The summed E-state index contributed by atoms with van der Waals surface area (Å²) in [6.45, 7) is 1.83. The first-order valence-electron chi connectivity index (χ1n) is 7.52. The highest BCUT2D eigenvalue weighted by Crippen LogP contribution is 2.23. The van der Waals surface area contributed by atoms with Gasteiger partial charge in [0.1, 0.15) is 5.75 Å². The Morgan fingerprint density at radius 1 is 1.13 bits per heavy atom. The molecule has 0 bridgehead atoms. The fourth-order valence-corrected chi connectivity index (χ4v) is 2.39. The maximum atomic E-state index is 12.2. The Labute approximate surface area is 136 Å². The number of ether oxygens (including phenoxy) is 1. The molecule has 5 heteroatoms. The van der Waals surface area contributed by atoms with Crippen LogP contribution in [0, 0.1) is 0 Å². The van der Waals surface area contributed by atoms with E-state index in [-0.39, 0.29) is 24.6 Å². The smallest absolute Gasteiger partial charge is 0.319 e. The van der Waals surface area contributed by atoms with Crippen LogP contribution in [0.15, 0.2) is 54.6 Å². The first-order valence-corrected chi connectivity index (χ1v) is 7.52. The van der Waals surface area contributed by atoms with Crippen molar-refractivity contribution in [3.8, 4) is 5.75 Å². The van der Waals surface area contributed by atoms with E-state index in [1.54, 1.807) is 19.2 Å². The quantitative estimate of drug-likeness (QED) is 0.767. The highest BCUT2D eigenvalue weighted by molar-refractivity contribution is 5.91. The van der Waals surface area contributed by atoms with E-state index in [1.165, 1.54) is 0 Å². The number of methoxy groups -OCH3 is 1. The zero-order valence-corrected chi connectivity index (χ0v) is 13.3. The van der Waals surface area contributed by atoms with E-state index in [1.807, 2.05) is 49.4 Å². The fraction of sp³-hybridized carbons (Fsp3) is 0.278. The van der Waals surface area contributed by atoms with Crippen molar-refractivity contribution in [2.45, 2.75) is 18.9 Å². The van der Waals surface area contributed by atoms with Crippen LogP contribution in [0.25, 0.3) is 0 Å². The third-order valence-corrected chi connectivity index (χ3v) is 3.80. The average molecular weight is 314 g/mol. The minimum absolute atomic E-state index is 0.00961. The number of rotatable bonds is 6. The Hall–Kier alpha value is -2.53. The minimum atomic E-state index is -0.382. The van der Waals surface area contributed by atoms with Crippen molar-refractivity contribution in [2.75, 3.05) is 19.0 Å². The maximum Gasteiger partial charge on any atom is 0.319 e. The normalized spacial score (nSPS) is 13.0. The van der Waals surface area contributed by atoms with E-state index in [2.05, 4.69) is 10.6 Å². The molecule has 3 N–H and O–H groups in total. The van der Waals surface area contributed by atoms with Gasteiger partial charge in [-0.1, -0.05) is 49.4 Å². The molecule has 0 spiro atoms. The van der Waals surface area contributed by atoms with Gasteiger partial charge in [-0.3, -0.25) is 0 Å². The number of para-hydroxylation sites is 2. The van der Waals surface area contributed by atoms with Gasteiger partial charge in [-0.25, -0.2) is 4.79 Å². The zero-order chi connectivity index (χ0) is 16.7.